The molecule has 0 saturated carbocycles. The van der Waals surface area contributed by atoms with E-state index in [1.54, 1.807) is 11.3 Å². The first kappa shape index (κ1) is 9.78. The van der Waals surface area contributed by atoms with Crippen LogP contribution in [0, 0.1) is 6.92 Å². The second kappa shape index (κ2) is 3.87. The van der Waals surface area contributed by atoms with Crippen molar-refractivity contribution in [2.24, 2.45) is 0 Å². The first-order valence-corrected chi connectivity index (χ1v) is 6.26. The number of anilines is 1. The number of benzene rings is 1. The first-order chi connectivity index (χ1) is 7.81. The lowest BCUT2D eigenvalue weighted by molar-refractivity contribution is 0.769. The fourth-order valence-corrected chi connectivity index (χ4v) is 2.86. The number of aromatic nitrogens is 2. The minimum Gasteiger partial charge on any atom is -0.357 e. The molecule has 0 atom stereocenters. The predicted molar refractivity (Wildman–Crippen MR) is 65.9 cm³/mol. The Hall–Kier alpha value is -1.42. The minimum atomic E-state index is 0.477. The molecule has 2 aromatic rings. The van der Waals surface area contributed by atoms with E-state index in [1.165, 1.54) is 11.1 Å². The summed E-state index contributed by atoms with van der Waals surface area (Å²) in [5.74, 6) is 0. The van der Waals surface area contributed by atoms with Gasteiger partial charge in [-0.1, -0.05) is 35.6 Å². The Labute approximate surface area is 98.5 Å². The minimum absolute atomic E-state index is 0.477. The first-order valence-electron chi connectivity index (χ1n) is 5.45. The van der Waals surface area contributed by atoms with E-state index in [1.807, 2.05) is 6.92 Å². The Morgan fingerprint density at radius 2 is 1.88 bits per heavy atom. The fraction of sp³-hybridized carbons (Fsp3) is 0.333. The van der Waals surface area contributed by atoms with Gasteiger partial charge in [0, 0.05) is 6.04 Å². The highest BCUT2D eigenvalue weighted by atomic mass is 32.1. The maximum Gasteiger partial charge on any atom is 0.205 e. The molecule has 1 N–H and O–H groups in total. The van der Waals surface area contributed by atoms with Crippen molar-refractivity contribution in [3.8, 4) is 0 Å². The molecule has 1 heterocycles. The van der Waals surface area contributed by atoms with E-state index < -0.39 is 0 Å². The highest BCUT2D eigenvalue weighted by Gasteiger charge is 2.21. The van der Waals surface area contributed by atoms with Crippen LogP contribution in [0.15, 0.2) is 24.3 Å². The molecule has 1 aromatic heterocycles. The maximum absolute atomic E-state index is 4.10. The van der Waals surface area contributed by atoms with Gasteiger partial charge in [0.25, 0.3) is 0 Å². The lowest BCUT2D eigenvalue weighted by Crippen LogP contribution is -2.19. The van der Waals surface area contributed by atoms with Gasteiger partial charge in [0.2, 0.25) is 5.13 Å². The summed E-state index contributed by atoms with van der Waals surface area (Å²) < 4.78 is 0. The summed E-state index contributed by atoms with van der Waals surface area (Å²) in [5, 5.41) is 13.5. The Morgan fingerprint density at radius 1 is 1.19 bits per heavy atom. The predicted octanol–water partition coefficient (Wildman–Crippen LogP) is 2.43. The van der Waals surface area contributed by atoms with Gasteiger partial charge in [-0.05, 0) is 30.9 Å². The molecule has 82 valence electrons. The molecule has 16 heavy (non-hydrogen) atoms. The second-order valence-electron chi connectivity index (χ2n) is 4.14. The number of nitrogens with zero attached hydrogens (tertiary/aromatic N) is 2. The van der Waals surface area contributed by atoms with Gasteiger partial charge >= 0.3 is 0 Å². The van der Waals surface area contributed by atoms with Gasteiger partial charge < -0.3 is 5.32 Å². The van der Waals surface area contributed by atoms with Crippen LogP contribution in [0.3, 0.4) is 0 Å². The van der Waals surface area contributed by atoms with Gasteiger partial charge in [-0.2, -0.15) is 0 Å². The molecular formula is C12H13N3S. The van der Waals surface area contributed by atoms with Crippen LogP contribution < -0.4 is 5.32 Å². The van der Waals surface area contributed by atoms with Gasteiger partial charge in [-0.3, -0.25) is 0 Å². The van der Waals surface area contributed by atoms with Crippen molar-refractivity contribution >= 4 is 16.5 Å². The zero-order chi connectivity index (χ0) is 11.0. The number of hydrogen-bond donors (Lipinski definition) is 1. The zero-order valence-electron chi connectivity index (χ0n) is 9.10. The lowest BCUT2D eigenvalue weighted by Gasteiger charge is -2.09. The molecule has 0 fully saturated rings. The Balaban J connectivity index is 1.72. The van der Waals surface area contributed by atoms with Crippen molar-refractivity contribution < 1.29 is 0 Å². The highest BCUT2D eigenvalue weighted by Crippen LogP contribution is 2.25. The molecule has 0 radical (unpaired) electrons. The molecule has 1 aliphatic rings. The zero-order valence-corrected chi connectivity index (χ0v) is 9.92. The molecular weight excluding hydrogens is 218 g/mol. The van der Waals surface area contributed by atoms with E-state index in [4.69, 9.17) is 0 Å². The van der Waals surface area contributed by atoms with Crippen LogP contribution in [0.25, 0.3) is 0 Å². The van der Waals surface area contributed by atoms with Crippen LogP contribution in [-0.4, -0.2) is 16.2 Å². The molecule has 1 aliphatic carbocycles. The SMILES string of the molecule is Cc1nnc(NC2Cc3ccccc3C2)s1. The van der Waals surface area contributed by atoms with Gasteiger partial charge in [-0.15, -0.1) is 10.2 Å². The van der Waals surface area contributed by atoms with Crippen molar-refractivity contribution in [1.82, 2.24) is 10.2 Å². The van der Waals surface area contributed by atoms with Gasteiger partial charge in [0.15, 0.2) is 0 Å². The number of hydrogen-bond acceptors (Lipinski definition) is 4. The fourth-order valence-electron chi connectivity index (χ4n) is 2.19. The normalized spacial score (nSPS) is 15.1. The summed E-state index contributed by atoms with van der Waals surface area (Å²) in [4.78, 5) is 0. The summed E-state index contributed by atoms with van der Waals surface area (Å²) in [6.45, 7) is 1.98. The quantitative estimate of drug-likeness (QED) is 0.862. The largest absolute Gasteiger partial charge is 0.357 e. The summed E-state index contributed by atoms with van der Waals surface area (Å²) in [7, 11) is 0. The Kier molecular flexibility index (Phi) is 2.36. The standard InChI is InChI=1S/C12H13N3S/c1-8-14-15-12(16-8)13-11-6-9-4-2-3-5-10(9)7-11/h2-5,11H,6-7H2,1H3,(H,13,15). The molecule has 0 saturated heterocycles. The van der Waals surface area contributed by atoms with E-state index in [-0.39, 0.29) is 0 Å². The number of nitrogens with one attached hydrogen (secondary N) is 1. The maximum atomic E-state index is 4.10. The third-order valence-electron chi connectivity index (χ3n) is 2.90. The molecule has 4 heteroatoms. The molecule has 0 spiro atoms. The molecule has 1 aromatic carbocycles. The summed E-state index contributed by atoms with van der Waals surface area (Å²) >= 11 is 1.62. The summed E-state index contributed by atoms with van der Waals surface area (Å²) in [6.07, 6.45) is 2.18. The molecule has 3 nitrogen and oxygen atoms in total. The van der Waals surface area contributed by atoms with E-state index in [9.17, 15) is 0 Å². The third kappa shape index (κ3) is 1.80. The van der Waals surface area contributed by atoms with Gasteiger partial charge in [0.1, 0.15) is 5.01 Å². The molecule has 3 rings (SSSR count). The van der Waals surface area contributed by atoms with E-state index in [0.29, 0.717) is 6.04 Å². The smallest absolute Gasteiger partial charge is 0.205 e. The average molecular weight is 231 g/mol. The van der Waals surface area contributed by atoms with Crippen LogP contribution in [0.5, 0.6) is 0 Å². The van der Waals surface area contributed by atoms with E-state index in [2.05, 4.69) is 39.8 Å². The monoisotopic (exact) mass is 231 g/mol. The number of fused-ring (bicyclic) bond motifs is 1. The Bertz CT molecular complexity index is 481. The van der Waals surface area contributed by atoms with Crippen molar-refractivity contribution in [2.45, 2.75) is 25.8 Å². The number of aryl methyl sites for hydroxylation is 1. The van der Waals surface area contributed by atoms with Crippen LogP contribution >= 0.6 is 11.3 Å². The van der Waals surface area contributed by atoms with Crippen LogP contribution in [-0.2, 0) is 12.8 Å². The lowest BCUT2D eigenvalue weighted by atomic mass is 10.1. The van der Waals surface area contributed by atoms with Crippen molar-refractivity contribution in [2.75, 3.05) is 5.32 Å². The molecule has 0 bridgehead atoms. The second-order valence-corrected chi connectivity index (χ2v) is 5.33. The van der Waals surface area contributed by atoms with Gasteiger partial charge in [0.05, 0.1) is 0 Å². The van der Waals surface area contributed by atoms with Crippen molar-refractivity contribution in [3.05, 3.63) is 40.4 Å². The molecule has 0 amide bonds. The molecule has 0 aliphatic heterocycles. The third-order valence-corrected chi connectivity index (χ3v) is 3.67. The van der Waals surface area contributed by atoms with Crippen LogP contribution in [0.4, 0.5) is 5.13 Å². The summed E-state index contributed by atoms with van der Waals surface area (Å²) in [5.41, 5.74) is 2.92. The van der Waals surface area contributed by atoms with Gasteiger partial charge in [-0.25, -0.2) is 0 Å². The van der Waals surface area contributed by atoms with E-state index in [0.717, 1.165) is 23.0 Å². The van der Waals surface area contributed by atoms with Crippen LogP contribution in [0.1, 0.15) is 16.1 Å². The highest BCUT2D eigenvalue weighted by molar-refractivity contribution is 7.15. The van der Waals surface area contributed by atoms with Crippen molar-refractivity contribution in [1.29, 1.82) is 0 Å². The summed E-state index contributed by atoms with van der Waals surface area (Å²) in [6, 6.07) is 9.11. The number of rotatable bonds is 2. The Morgan fingerprint density at radius 3 is 2.44 bits per heavy atom. The average Bonchev–Trinajstić information content (AvgIpc) is 2.84. The topological polar surface area (TPSA) is 37.8 Å². The van der Waals surface area contributed by atoms with Crippen LogP contribution in [0.2, 0.25) is 0 Å². The molecule has 0 unspecified atom stereocenters. The van der Waals surface area contributed by atoms with Crippen molar-refractivity contribution in [3.63, 3.8) is 0 Å². The van der Waals surface area contributed by atoms with E-state index >= 15 is 0 Å².